The Bertz CT molecular complexity index is 1590. The highest BCUT2D eigenvalue weighted by Gasteiger charge is 2.19. The van der Waals surface area contributed by atoms with Gasteiger partial charge in [-0.25, -0.2) is 0 Å². The third-order valence-corrected chi connectivity index (χ3v) is 15.3. The molecule has 0 spiro atoms. The van der Waals surface area contributed by atoms with Crippen LogP contribution in [0.5, 0.6) is 0 Å². The van der Waals surface area contributed by atoms with Gasteiger partial charge in [0.25, 0.3) is 0 Å². The third-order valence-electron chi connectivity index (χ3n) is 15.3. The van der Waals surface area contributed by atoms with E-state index in [1.54, 1.807) is 0 Å². The van der Waals surface area contributed by atoms with Crippen LogP contribution in [0.1, 0.15) is 348 Å². The molecule has 0 aliphatic heterocycles. The summed E-state index contributed by atoms with van der Waals surface area (Å²) in [6, 6.07) is 0. The van der Waals surface area contributed by atoms with Gasteiger partial charge in [0.05, 0.1) is 0 Å². The Labute approximate surface area is 508 Å². The van der Waals surface area contributed by atoms with E-state index in [0.29, 0.717) is 19.3 Å². The Morgan fingerprint density at radius 1 is 0.256 bits per heavy atom. The van der Waals surface area contributed by atoms with Gasteiger partial charge in [0.2, 0.25) is 0 Å². The first-order valence-corrected chi connectivity index (χ1v) is 35.2. The summed E-state index contributed by atoms with van der Waals surface area (Å²) in [6.45, 7) is 6.46. The molecule has 0 rings (SSSR count). The second kappa shape index (κ2) is 69.8. The fourth-order valence-electron chi connectivity index (χ4n) is 10.1. The van der Waals surface area contributed by atoms with Crippen molar-refractivity contribution in [3.8, 4) is 0 Å². The van der Waals surface area contributed by atoms with Gasteiger partial charge in [0.15, 0.2) is 6.10 Å². The summed E-state index contributed by atoms with van der Waals surface area (Å²) in [7, 11) is 0. The van der Waals surface area contributed by atoms with E-state index in [-0.39, 0.29) is 31.1 Å². The molecule has 0 amide bonds. The minimum absolute atomic E-state index is 0.0805. The van der Waals surface area contributed by atoms with Crippen LogP contribution in [0.15, 0.2) is 97.2 Å². The van der Waals surface area contributed by atoms with Crippen LogP contribution in [0.4, 0.5) is 0 Å². The fourth-order valence-corrected chi connectivity index (χ4v) is 10.1. The van der Waals surface area contributed by atoms with Crippen LogP contribution in [-0.4, -0.2) is 37.2 Å². The number of carbonyl (C=O) groups is 3. The van der Waals surface area contributed by atoms with Crippen LogP contribution in [-0.2, 0) is 28.6 Å². The minimum atomic E-state index is -0.787. The van der Waals surface area contributed by atoms with Gasteiger partial charge in [0, 0.05) is 19.3 Å². The van der Waals surface area contributed by atoms with Gasteiger partial charge in [-0.15, -0.1) is 0 Å². The van der Waals surface area contributed by atoms with Gasteiger partial charge in [0.1, 0.15) is 13.2 Å². The molecule has 0 bridgehead atoms. The monoisotopic (exact) mass is 1140 g/mol. The summed E-state index contributed by atoms with van der Waals surface area (Å²) in [4.78, 5) is 38.5. The molecular weight excluding hydrogens is 1010 g/mol. The molecule has 0 aromatic carbocycles. The zero-order chi connectivity index (χ0) is 59.2. The second-order valence-electron chi connectivity index (χ2n) is 23.4. The van der Waals surface area contributed by atoms with Crippen LogP contribution < -0.4 is 0 Å². The number of esters is 3. The predicted molar refractivity (Wildman–Crippen MR) is 357 cm³/mol. The van der Waals surface area contributed by atoms with Crippen molar-refractivity contribution in [1.82, 2.24) is 0 Å². The maximum absolute atomic E-state index is 13.0. The molecule has 82 heavy (non-hydrogen) atoms. The van der Waals surface area contributed by atoms with Crippen LogP contribution in [0.3, 0.4) is 0 Å². The first-order chi connectivity index (χ1) is 40.5. The quantitative estimate of drug-likeness (QED) is 0.0261. The van der Waals surface area contributed by atoms with E-state index < -0.39 is 6.10 Å². The maximum atomic E-state index is 13.0. The Kier molecular flexibility index (Phi) is 66.7. The van der Waals surface area contributed by atoms with Crippen molar-refractivity contribution in [2.24, 2.45) is 0 Å². The Morgan fingerprint density at radius 2 is 0.476 bits per heavy atom. The van der Waals surface area contributed by atoms with Gasteiger partial charge in [-0.1, -0.05) is 330 Å². The smallest absolute Gasteiger partial charge is 0.306 e. The normalized spacial score (nSPS) is 12.7. The lowest BCUT2D eigenvalue weighted by atomic mass is 10.0. The Hall–Kier alpha value is -3.67. The first kappa shape index (κ1) is 78.3. The number of unbranched alkanes of at least 4 members (excludes halogenated alkanes) is 37. The molecule has 472 valence electrons. The molecule has 0 fully saturated rings. The molecule has 0 saturated carbocycles. The fraction of sp³-hybridized carbons (Fsp3) is 0.750. The molecule has 0 radical (unpaired) electrons. The predicted octanol–water partition coefficient (Wildman–Crippen LogP) is 24.4. The number of hydrogen-bond acceptors (Lipinski definition) is 6. The maximum Gasteiger partial charge on any atom is 0.306 e. The largest absolute Gasteiger partial charge is 0.462 e. The van der Waals surface area contributed by atoms with Crippen LogP contribution >= 0.6 is 0 Å². The van der Waals surface area contributed by atoms with E-state index >= 15 is 0 Å². The van der Waals surface area contributed by atoms with Gasteiger partial charge >= 0.3 is 17.9 Å². The zero-order valence-electron chi connectivity index (χ0n) is 54.2. The number of carbonyl (C=O) groups excluding carboxylic acids is 3. The van der Waals surface area contributed by atoms with Crippen molar-refractivity contribution >= 4 is 17.9 Å². The molecule has 0 aromatic rings. The number of ether oxygens (including phenoxy) is 3. The first-order valence-electron chi connectivity index (χ1n) is 35.2. The van der Waals surface area contributed by atoms with Crippen molar-refractivity contribution in [1.29, 1.82) is 0 Å². The van der Waals surface area contributed by atoms with Gasteiger partial charge < -0.3 is 14.2 Å². The number of hydrogen-bond donors (Lipinski definition) is 0. The molecule has 0 N–H and O–H groups in total. The SMILES string of the molecule is CC/C=C\C/C=C\C/C=C\C/C=C\CCCCCCCCCCC(=O)OCC(COC(=O)CCCCCCCCCCCCCCCCCCCCCCCC)OC(=O)CCCCCCCCCC/C=C\C/C=C\C/C=C\C/C=C\CC. The summed E-state index contributed by atoms with van der Waals surface area (Å²) in [6.07, 6.45) is 94.2. The minimum Gasteiger partial charge on any atom is -0.462 e. The summed E-state index contributed by atoms with van der Waals surface area (Å²) in [5.74, 6) is -0.879. The van der Waals surface area contributed by atoms with Crippen molar-refractivity contribution in [3.05, 3.63) is 97.2 Å². The van der Waals surface area contributed by atoms with Gasteiger partial charge in [-0.05, 0) is 96.3 Å². The highest BCUT2D eigenvalue weighted by atomic mass is 16.6. The Morgan fingerprint density at radius 3 is 0.744 bits per heavy atom. The summed E-state index contributed by atoms with van der Waals surface area (Å²) < 4.78 is 17.0. The van der Waals surface area contributed by atoms with E-state index in [2.05, 4.69) is 118 Å². The lowest BCUT2D eigenvalue weighted by molar-refractivity contribution is -0.167. The Balaban J connectivity index is 4.38. The standard InChI is InChI=1S/C76H132O6/c1-4-7-10-13-16-19-22-25-28-31-34-37-40-42-45-48-51-54-57-60-63-66-69-75(78)81-72-73(82-76(79)70-67-64-61-58-55-52-49-46-43-39-36-33-30-27-24-21-18-15-12-9-6-3)71-80-74(77)68-65-62-59-56-53-50-47-44-41-38-35-32-29-26-23-20-17-14-11-8-5-2/h8-9,11-12,17-18,20-21,26-27,29-30,35-36,38-39,73H,4-7,10,13-16,19,22-25,28,31-34,37,40-72H2,1-3H3/b11-8-,12-9-,20-17-,21-18-,29-26-,30-27-,38-35-,39-36-. The average Bonchev–Trinajstić information content (AvgIpc) is 3.47. The van der Waals surface area contributed by atoms with E-state index in [0.717, 1.165) is 122 Å². The molecule has 6 nitrogen and oxygen atoms in total. The van der Waals surface area contributed by atoms with Gasteiger partial charge in [-0.3, -0.25) is 14.4 Å². The average molecular weight is 1140 g/mol. The highest BCUT2D eigenvalue weighted by molar-refractivity contribution is 5.71. The van der Waals surface area contributed by atoms with Crippen LogP contribution in [0.25, 0.3) is 0 Å². The van der Waals surface area contributed by atoms with Crippen LogP contribution in [0.2, 0.25) is 0 Å². The van der Waals surface area contributed by atoms with Crippen molar-refractivity contribution in [2.45, 2.75) is 354 Å². The zero-order valence-corrected chi connectivity index (χ0v) is 54.2. The van der Waals surface area contributed by atoms with E-state index in [4.69, 9.17) is 14.2 Å². The molecule has 0 aromatic heterocycles. The lowest BCUT2D eigenvalue weighted by Crippen LogP contribution is -2.30. The highest BCUT2D eigenvalue weighted by Crippen LogP contribution is 2.18. The van der Waals surface area contributed by atoms with E-state index in [1.165, 1.54) is 186 Å². The number of rotatable bonds is 64. The van der Waals surface area contributed by atoms with Crippen molar-refractivity contribution < 1.29 is 28.6 Å². The lowest BCUT2D eigenvalue weighted by Gasteiger charge is -2.18. The molecule has 0 aliphatic rings. The second-order valence-corrected chi connectivity index (χ2v) is 23.4. The molecule has 0 heterocycles. The molecule has 0 saturated heterocycles. The van der Waals surface area contributed by atoms with Crippen molar-refractivity contribution in [3.63, 3.8) is 0 Å². The summed E-state index contributed by atoms with van der Waals surface area (Å²) in [5, 5.41) is 0. The van der Waals surface area contributed by atoms with Gasteiger partial charge in [-0.2, -0.15) is 0 Å². The molecule has 1 unspecified atom stereocenters. The number of allylic oxidation sites excluding steroid dienone is 16. The van der Waals surface area contributed by atoms with E-state index in [9.17, 15) is 14.4 Å². The van der Waals surface area contributed by atoms with Crippen molar-refractivity contribution in [2.75, 3.05) is 13.2 Å². The topological polar surface area (TPSA) is 78.9 Å². The molecule has 6 heteroatoms. The van der Waals surface area contributed by atoms with E-state index in [1.807, 2.05) is 0 Å². The third kappa shape index (κ3) is 67.1. The summed E-state index contributed by atoms with van der Waals surface area (Å²) in [5.41, 5.74) is 0. The molecular formula is C76H132O6. The van der Waals surface area contributed by atoms with Crippen LogP contribution in [0, 0.1) is 0 Å². The molecule has 0 aliphatic carbocycles. The summed E-state index contributed by atoms with van der Waals surface area (Å²) >= 11 is 0. The molecule has 1 atom stereocenters.